The highest BCUT2D eigenvalue weighted by atomic mass is 16.5. The number of benzene rings is 2. The molecule has 1 heterocycles. The number of hydrogen-bond donors (Lipinski definition) is 2. The Morgan fingerprint density at radius 1 is 0.964 bits per heavy atom. The molecule has 0 saturated heterocycles. The summed E-state index contributed by atoms with van der Waals surface area (Å²) in [4.78, 5) is 16.8. The molecule has 3 aromatic rings. The number of ether oxygens (including phenoxy) is 2. The van der Waals surface area contributed by atoms with Gasteiger partial charge in [0.25, 0.3) is 5.91 Å². The lowest BCUT2D eigenvalue weighted by Crippen LogP contribution is -2.13. The molecule has 1 aromatic heterocycles. The number of anilines is 2. The van der Waals surface area contributed by atoms with Crippen molar-refractivity contribution in [3.8, 4) is 11.5 Å². The number of nitrogens with one attached hydrogen (secondary N) is 2. The Hall–Kier alpha value is -3.54. The zero-order valence-electron chi connectivity index (χ0n) is 16.1. The van der Waals surface area contributed by atoms with Crippen LogP contribution in [0.15, 0.2) is 66.9 Å². The zero-order chi connectivity index (χ0) is 19.9. The SMILES string of the molecule is COc1cc(OC)cc(C(=O)Nc2ccc(NC(C)c3ccccc3)cn2)c1. The van der Waals surface area contributed by atoms with Crippen LogP contribution in [0.1, 0.15) is 28.9 Å². The fourth-order valence-corrected chi connectivity index (χ4v) is 2.76. The summed E-state index contributed by atoms with van der Waals surface area (Å²) < 4.78 is 10.4. The molecule has 0 saturated carbocycles. The van der Waals surface area contributed by atoms with Crippen molar-refractivity contribution in [2.45, 2.75) is 13.0 Å². The third kappa shape index (κ3) is 4.79. The lowest BCUT2D eigenvalue weighted by Gasteiger charge is -2.15. The van der Waals surface area contributed by atoms with Crippen LogP contribution in [0, 0.1) is 0 Å². The van der Waals surface area contributed by atoms with Gasteiger partial charge in [0.05, 0.1) is 26.1 Å². The van der Waals surface area contributed by atoms with Crippen LogP contribution in [0.3, 0.4) is 0 Å². The van der Waals surface area contributed by atoms with Gasteiger partial charge in [-0.2, -0.15) is 0 Å². The summed E-state index contributed by atoms with van der Waals surface area (Å²) in [5.41, 5.74) is 2.49. The van der Waals surface area contributed by atoms with Gasteiger partial charge in [0.15, 0.2) is 0 Å². The van der Waals surface area contributed by atoms with Crippen molar-refractivity contribution in [2.24, 2.45) is 0 Å². The monoisotopic (exact) mass is 377 g/mol. The summed E-state index contributed by atoms with van der Waals surface area (Å²) in [6.07, 6.45) is 1.70. The van der Waals surface area contributed by atoms with Gasteiger partial charge in [0.1, 0.15) is 17.3 Å². The van der Waals surface area contributed by atoms with Gasteiger partial charge >= 0.3 is 0 Å². The highest BCUT2D eigenvalue weighted by Gasteiger charge is 2.11. The minimum Gasteiger partial charge on any atom is -0.497 e. The first-order valence-electron chi connectivity index (χ1n) is 8.91. The third-order valence-electron chi connectivity index (χ3n) is 4.30. The number of amides is 1. The minimum absolute atomic E-state index is 0.146. The van der Waals surface area contributed by atoms with E-state index in [-0.39, 0.29) is 11.9 Å². The van der Waals surface area contributed by atoms with E-state index in [1.807, 2.05) is 24.3 Å². The van der Waals surface area contributed by atoms with Crippen LogP contribution in [0.25, 0.3) is 0 Å². The Balaban J connectivity index is 1.66. The van der Waals surface area contributed by atoms with Gasteiger partial charge in [-0.15, -0.1) is 0 Å². The van der Waals surface area contributed by atoms with Crippen LogP contribution in [-0.4, -0.2) is 25.1 Å². The Morgan fingerprint density at radius 3 is 2.21 bits per heavy atom. The molecule has 0 aliphatic heterocycles. The van der Waals surface area contributed by atoms with Crippen molar-refractivity contribution in [1.82, 2.24) is 4.98 Å². The molecule has 1 unspecified atom stereocenters. The highest BCUT2D eigenvalue weighted by molar-refractivity contribution is 6.04. The van der Waals surface area contributed by atoms with Gasteiger partial charge in [0, 0.05) is 17.7 Å². The molecule has 2 N–H and O–H groups in total. The lowest BCUT2D eigenvalue weighted by molar-refractivity contribution is 0.102. The van der Waals surface area contributed by atoms with Crippen molar-refractivity contribution in [2.75, 3.05) is 24.9 Å². The standard InChI is InChI=1S/C22H23N3O3/c1-15(16-7-5-4-6-8-16)24-18-9-10-21(23-14-18)25-22(26)17-11-19(27-2)13-20(12-17)28-3/h4-15,24H,1-3H3,(H,23,25,26). The third-order valence-corrected chi connectivity index (χ3v) is 4.30. The number of nitrogens with zero attached hydrogens (tertiary/aromatic N) is 1. The van der Waals surface area contributed by atoms with Crippen LogP contribution >= 0.6 is 0 Å². The largest absolute Gasteiger partial charge is 0.497 e. The summed E-state index contributed by atoms with van der Waals surface area (Å²) in [5.74, 6) is 1.27. The summed E-state index contributed by atoms with van der Waals surface area (Å²) in [6.45, 7) is 2.08. The van der Waals surface area contributed by atoms with Crippen molar-refractivity contribution in [3.05, 3.63) is 78.0 Å². The van der Waals surface area contributed by atoms with E-state index < -0.39 is 0 Å². The van der Waals surface area contributed by atoms with Gasteiger partial charge < -0.3 is 20.1 Å². The van der Waals surface area contributed by atoms with Crippen LogP contribution in [0.5, 0.6) is 11.5 Å². The molecule has 2 aromatic carbocycles. The van der Waals surface area contributed by atoms with Crippen LogP contribution in [0.4, 0.5) is 11.5 Å². The molecule has 6 heteroatoms. The van der Waals surface area contributed by atoms with Gasteiger partial charge in [-0.1, -0.05) is 30.3 Å². The Bertz CT molecular complexity index is 905. The summed E-state index contributed by atoms with van der Waals surface area (Å²) in [6, 6.07) is 19.0. The van der Waals surface area contributed by atoms with Crippen LogP contribution in [0.2, 0.25) is 0 Å². The fraction of sp³-hybridized carbons (Fsp3) is 0.182. The molecule has 1 amide bonds. The first-order valence-corrected chi connectivity index (χ1v) is 8.91. The predicted molar refractivity (Wildman–Crippen MR) is 110 cm³/mol. The highest BCUT2D eigenvalue weighted by Crippen LogP contribution is 2.23. The van der Waals surface area contributed by atoms with E-state index in [4.69, 9.17) is 9.47 Å². The Labute approximate surface area is 164 Å². The molecule has 0 radical (unpaired) electrons. The number of aromatic nitrogens is 1. The van der Waals surface area contributed by atoms with Crippen molar-refractivity contribution in [3.63, 3.8) is 0 Å². The van der Waals surface area contributed by atoms with Crippen molar-refractivity contribution in [1.29, 1.82) is 0 Å². The second-order valence-corrected chi connectivity index (χ2v) is 6.26. The van der Waals surface area contributed by atoms with Crippen molar-refractivity contribution >= 4 is 17.4 Å². The van der Waals surface area contributed by atoms with E-state index in [0.717, 1.165) is 5.69 Å². The molecular formula is C22H23N3O3. The number of carbonyl (C=O) groups excluding carboxylic acids is 1. The second kappa shape index (κ2) is 8.90. The normalized spacial score (nSPS) is 11.4. The smallest absolute Gasteiger partial charge is 0.257 e. The van der Waals surface area contributed by atoms with Crippen molar-refractivity contribution < 1.29 is 14.3 Å². The average Bonchev–Trinajstić information content (AvgIpc) is 2.75. The summed E-state index contributed by atoms with van der Waals surface area (Å²) >= 11 is 0. The number of pyridine rings is 1. The van der Waals surface area contributed by atoms with E-state index in [1.165, 1.54) is 5.56 Å². The Kier molecular flexibility index (Phi) is 6.11. The quantitative estimate of drug-likeness (QED) is 0.633. The van der Waals surface area contributed by atoms with Gasteiger partial charge in [-0.05, 0) is 36.8 Å². The Morgan fingerprint density at radius 2 is 1.64 bits per heavy atom. The average molecular weight is 377 g/mol. The number of rotatable bonds is 7. The molecule has 1 atom stereocenters. The lowest BCUT2D eigenvalue weighted by atomic mass is 10.1. The van der Waals surface area contributed by atoms with E-state index in [9.17, 15) is 4.79 Å². The fourth-order valence-electron chi connectivity index (χ4n) is 2.76. The van der Waals surface area contributed by atoms with Gasteiger partial charge in [-0.3, -0.25) is 4.79 Å². The predicted octanol–water partition coefficient (Wildman–Crippen LogP) is 4.52. The van der Waals surface area contributed by atoms with Gasteiger partial charge in [-0.25, -0.2) is 4.98 Å². The molecular weight excluding hydrogens is 354 g/mol. The minimum atomic E-state index is -0.289. The number of carbonyl (C=O) groups is 1. The molecule has 0 aliphatic rings. The zero-order valence-corrected chi connectivity index (χ0v) is 16.1. The number of methoxy groups -OCH3 is 2. The maximum absolute atomic E-state index is 12.5. The first-order chi connectivity index (χ1) is 13.6. The second-order valence-electron chi connectivity index (χ2n) is 6.26. The number of hydrogen-bond acceptors (Lipinski definition) is 5. The molecule has 28 heavy (non-hydrogen) atoms. The van der Waals surface area contributed by atoms with Crippen LogP contribution in [-0.2, 0) is 0 Å². The molecule has 0 bridgehead atoms. The summed E-state index contributed by atoms with van der Waals surface area (Å²) in [5, 5.41) is 6.18. The molecule has 0 fully saturated rings. The van der Waals surface area contributed by atoms with E-state index in [0.29, 0.717) is 22.9 Å². The van der Waals surface area contributed by atoms with E-state index in [2.05, 4.69) is 34.7 Å². The maximum Gasteiger partial charge on any atom is 0.257 e. The molecule has 0 spiro atoms. The van der Waals surface area contributed by atoms with E-state index in [1.54, 1.807) is 44.7 Å². The molecule has 3 rings (SSSR count). The molecule has 0 aliphatic carbocycles. The molecule has 6 nitrogen and oxygen atoms in total. The summed E-state index contributed by atoms with van der Waals surface area (Å²) in [7, 11) is 3.08. The topological polar surface area (TPSA) is 72.5 Å². The van der Waals surface area contributed by atoms with E-state index >= 15 is 0 Å². The maximum atomic E-state index is 12.5. The van der Waals surface area contributed by atoms with Gasteiger partial charge in [0.2, 0.25) is 0 Å². The van der Waals surface area contributed by atoms with Crippen LogP contribution < -0.4 is 20.1 Å². The molecule has 144 valence electrons. The first kappa shape index (κ1) is 19.2.